The number of rotatable bonds is 6. The molecular formula is C21H22N2O4. The van der Waals surface area contributed by atoms with E-state index in [2.05, 4.69) is 5.32 Å². The number of carbonyl (C=O) groups is 3. The van der Waals surface area contributed by atoms with Gasteiger partial charge in [-0.25, -0.2) is 0 Å². The molecule has 27 heavy (non-hydrogen) atoms. The van der Waals surface area contributed by atoms with E-state index >= 15 is 0 Å². The van der Waals surface area contributed by atoms with E-state index in [1.165, 1.54) is 0 Å². The predicted molar refractivity (Wildman–Crippen MR) is 100.0 cm³/mol. The molecule has 6 heteroatoms. The van der Waals surface area contributed by atoms with E-state index in [0.717, 1.165) is 4.90 Å². The van der Waals surface area contributed by atoms with Gasteiger partial charge in [0.15, 0.2) is 0 Å². The van der Waals surface area contributed by atoms with Crippen LogP contribution in [0.25, 0.3) is 0 Å². The zero-order chi connectivity index (χ0) is 19.6. The van der Waals surface area contributed by atoms with Gasteiger partial charge in [-0.3, -0.25) is 19.3 Å². The highest BCUT2D eigenvalue weighted by Crippen LogP contribution is 2.27. The number of hydrogen-bond donors (Lipinski definition) is 2. The molecule has 6 nitrogen and oxygen atoms in total. The molecule has 0 aromatic heterocycles. The molecule has 1 aliphatic rings. The van der Waals surface area contributed by atoms with Crippen molar-refractivity contribution in [3.8, 4) is 0 Å². The molecule has 2 aromatic carbocycles. The van der Waals surface area contributed by atoms with Crippen molar-refractivity contribution in [3.05, 3.63) is 71.3 Å². The second-order valence-electron chi connectivity index (χ2n) is 6.89. The molecule has 2 aromatic rings. The van der Waals surface area contributed by atoms with Crippen LogP contribution in [0.5, 0.6) is 0 Å². The first kappa shape index (κ1) is 18.8. The highest BCUT2D eigenvalue weighted by atomic mass is 16.3. The van der Waals surface area contributed by atoms with Crippen molar-refractivity contribution in [2.45, 2.75) is 26.0 Å². The van der Waals surface area contributed by atoms with Crippen LogP contribution in [0.3, 0.4) is 0 Å². The molecule has 0 saturated heterocycles. The first-order valence-corrected chi connectivity index (χ1v) is 8.89. The van der Waals surface area contributed by atoms with Gasteiger partial charge in [0.05, 0.1) is 17.2 Å². The van der Waals surface area contributed by atoms with Crippen LogP contribution < -0.4 is 5.32 Å². The van der Waals surface area contributed by atoms with Crippen LogP contribution in [0.1, 0.15) is 46.2 Å². The van der Waals surface area contributed by atoms with Crippen molar-refractivity contribution < 1.29 is 19.5 Å². The summed E-state index contributed by atoms with van der Waals surface area (Å²) in [7, 11) is 0. The number of nitrogens with zero attached hydrogens (tertiary/aromatic N) is 1. The van der Waals surface area contributed by atoms with Crippen molar-refractivity contribution >= 4 is 17.7 Å². The maximum Gasteiger partial charge on any atom is 0.262 e. The molecule has 0 fully saturated rings. The minimum absolute atomic E-state index is 0.00473. The largest absolute Gasteiger partial charge is 0.387 e. The van der Waals surface area contributed by atoms with Crippen molar-refractivity contribution in [2.24, 2.45) is 5.92 Å². The summed E-state index contributed by atoms with van der Waals surface area (Å²) in [4.78, 5) is 39.2. The molecule has 3 rings (SSSR count). The molecule has 0 radical (unpaired) electrons. The zero-order valence-corrected chi connectivity index (χ0v) is 15.3. The Bertz CT molecular complexity index is 828. The second kappa shape index (κ2) is 7.72. The van der Waals surface area contributed by atoms with E-state index in [0.29, 0.717) is 16.7 Å². The van der Waals surface area contributed by atoms with Gasteiger partial charge in [0.1, 0.15) is 6.04 Å². The summed E-state index contributed by atoms with van der Waals surface area (Å²) in [6.45, 7) is 3.55. The number of carbonyl (C=O) groups excluding carboxylic acids is 3. The van der Waals surface area contributed by atoms with Gasteiger partial charge < -0.3 is 10.4 Å². The van der Waals surface area contributed by atoms with Gasteiger partial charge in [0.25, 0.3) is 11.8 Å². The number of imide groups is 1. The molecule has 0 aliphatic carbocycles. The Morgan fingerprint density at radius 2 is 1.48 bits per heavy atom. The first-order chi connectivity index (χ1) is 12.9. The van der Waals surface area contributed by atoms with Gasteiger partial charge in [0, 0.05) is 6.54 Å². The molecule has 0 spiro atoms. The second-order valence-corrected chi connectivity index (χ2v) is 6.89. The van der Waals surface area contributed by atoms with Crippen molar-refractivity contribution in [1.82, 2.24) is 10.2 Å². The van der Waals surface area contributed by atoms with Gasteiger partial charge >= 0.3 is 0 Å². The van der Waals surface area contributed by atoms with E-state index in [4.69, 9.17) is 0 Å². The number of aliphatic hydroxyl groups excluding tert-OH is 1. The Balaban J connectivity index is 1.75. The van der Waals surface area contributed by atoms with Crippen molar-refractivity contribution in [1.29, 1.82) is 0 Å². The van der Waals surface area contributed by atoms with Gasteiger partial charge in [-0.05, 0) is 23.6 Å². The molecule has 1 aliphatic heterocycles. The normalized spacial score (nSPS) is 15.6. The zero-order valence-electron chi connectivity index (χ0n) is 15.3. The van der Waals surface area contributed by atoms with Crippen LogP contribution in [-0.4, -0.2) is 40.3 Å². The summed E-state index contributed by atoms with van der Waals surface area (Å²) < 4.78 is 0. The van der Waals surface area contributed by atoms with Crippen LogP contribution in [0.15, 0.2) is 54.6 Å². The van der Waals surface area contributed by atoms with Crippen LogP contribution in [0.2, 0.25) is 0 Å². The Hall–Kier alpha value is -2.99. The van der Waals surface area contributed by atoms with E-state index in [9.17, 15) is 19.5 Å². The Morgan fingerprint density at radius 1 is 0.963 bits per heavy atom. The third-order valence-corrected chi connectivity index (χ3v) is 4.66. The quantitative estimate of drug-likeness (QED) is 0.767. The molecule has 2 N–H and O–H groups in total. The summed E-state index contributed by atoms with van der Waals surface area (Å²) in [6.07, 6.45) is -0.870. The summed E-state index contributed by atoms with van der Waals surface area (Å²) in [5, 5.41) is 12.9. The lowest BCUT2D eigenvalue weighted by molar-refractivity contribution is -0.126. The lowest BCUT2D eigenvalue weighted by Crippen LogP contribution is -2.52. The average molecular weight is 366 g/mol. The minimum atomic E-state index is -0.944. The molecular weight excluding hydrogens is 344 g/mol. The van der Waals surface area contributed by atoms with Gasteiger partial charge in [0.2, 0.25) is 5.91 Å². The number of nitrogens with one attached hydrogen (secondary N) is 1. The fourth-order valence-electron chi connectivity index (χ4n) is 3.27. The third-order valence-electron chi connectivity index (χ3n) is 4.66. The van der Waals surface area contributed by atoms with Gasteiger partial charge in [-0.1, -0.05) is 56.3 Å². The maximum absolute atomic E-state index is 12.8. The number of amides is 3. The van der Waals surface area contributed by atoms with Crippen molar-refractivity contribution in [2.75, 3.05) is 6.54 Å². The summed E-state index contributed by atoms with van der Waals surface area (Å²) in [6, 6.07) is 14.6. The predicted octanol–water partition coefficient (Wildman–Crippen LogP) is 2.16. The fraction of sp³-hybridized carbons (Fsp3) is 0.286. The number of benzene rings is 2. The van der Waals surface area contributed by atoms with Crippen LogP contribution in [0, 0.1) is 5.92 Å². The molecule has 2 atom stereocenters. The van der Waals surface area contributed by atoms with Crippen molar-refractivity contribution in [3.63, 3.8) is 0 Å². The number of aliphatic hydroxyl groups is 1. The Kier molecular flexibility index (Phi) is 5.37. The van der Waals surface area contributed by atoms with Crippen LogP contribution >= 0.6 is 0 Å². The number of fused-ring (bicyclic) bond motifs is 1. The minimum Gasteiger partial charge on any atom is -0.387 e. The third kappa shape index (κ3) is 3.61. The SMILES string of the molecule is CC(C)C(C(=O)NCC(O)c1ccccc1)N1C(=O)c2ccccc2C1=O. The molecule has 140 valence electrons. The molecule has 0 bridgehead atoms. The summed E-state index contributed by atoms with van der Waals surface area (Å²) in [5.41, 5.74) is 1.30. The van der Waals surface area contributed by atoms with Gasteiger partial charge in [-0.2, -0.15) is 0 Å². The molecule has 3 amide bonds. The van der Waals surface area contributed by atoms with E-state index in [1.807, 2.05) is 6.07 Å². The van der Waals surface area contributed by atoms with E-state index < -0.39 is 29.9 Å². The average Bonchev–Trinajstić information content (AvgIpc) is 2.92. The maximum atomic E-state index is 12.8. The molecule has 2 unspecified atom stereocenters. The topological polar surface area (TPSA) is 86.7 Å². The summed E-state index contributed by atoms with van der Waals surface area (Å²) in [5.74, 6) is -1.67. The van der Waals surface area contributed by atoms with E-state index in [1.54, 1.807) is 62.4 Å². The monoisotopic (exact) mass is 366 g/mol. The first-order valence-electron chi connectivity index (χ1n) is 8.89. The van der Waals surface area contributed by atoms with Crippen LogP contribution in [0.4, 0.5) is 0 Å². The molecule has 0 saturated carbocycles. The number of hydrogen-bond acceptors (Lipinski definition) is 4. The standard InChI is InChI=1S/C21H22N2O4/c1-13(2)18(19(25)22-12-17(24)14-8-4-3-5-9-14)23-20(26)15-10-6-7-11-16(15)21(23)27/h3-11,13,17-18,24H,12H2,1-2H3,(H,22,25). The summed E-state index contributed by atoms with van der Waals surface area (Å²) >= 11 is 0. The lowest BCUT2D eigenvalue weighted by Gasteiger charge is -2.28. The lowest BCUT2D eigenvalue weighted by atomic mass is 10.0. The Morgan fingerprint density at radius 3 is 2.00 bits per heavy atom. The smallest absolute Gasteiger partial charge is 0.262 e. The highest BCUT2D eigenvalue weighted by molar-refractivity contribution is 6.22. The fourth-order valence-corrected chi connectivity index (χ4v) is 3.27. The van der Waals surface area contributed by atoms with Gasteiger partial charge in [-0.15, -0.1) is 0 Å². The molecule has 1 heterocycles. The Labute approximate surface area is 157 Å². The van der Waals surface area contributed by atoms with E-state index in [-0.39, 0.29) is 12.5 Å². The highest BCUT2D eigenvalue weighted by Gasteiger charge is 2.43. The van der Waals surface area contributed by atoms with Crippen LogP contribution in [-0.2, 0) is 4.79 Å².